The first-order valence-electron chi connectivity index (χ1n) is 9.49. The SMILES string of the molecule is CCc1cccc(NC(N)=NCC2CCCOC2c2ccc(C)cc2)c1.I. The Morgan fingerprint density at radius 3 is 2.74 bits per heavy atom. The number of rotatable bonds is 5. The minimum Gasteiger partial charge on any atom is -0.373 e. The van der Waals surface area contributed by atoms with Crippen LogP contribution in [0.25, 0.3) is 0 Å². The lowest BCUT2D eigenvalue weighted by molar-refractivity contribution is -0.0250. The van der Waals surface area contributed by atoms with E-state index in [-0.39, 0.29) is 30.1 Å². The van der Waals surface area contributed by atoms with Crippen molar-refractivity contribution in [2.75, 3.05) is 18.5 Å². The molecule has 5 heteroatoms. The number of hydrogen-bond donors (Lipinski definition) is 2. The van der Waals surface area contributed by atoms with Crippen LogP contribution in [0.15, 0.2) is 53.5 Å². The summed E-state index contributed by atoms with van der Waals surface area (Å²) in [6.07, 6.45) is 3.29. The molecule has 0 saturated carbocycles. The van der Waals surface area contributed by atoms with E-state index in [2.05, 4.69) is 60.6 Å². The van der Waals surface area contributed by atoms with Crippen molar-refractivity contribution in [3.63, 3.8) is 0 Å². The summed E-state index contributed by atoms with van der Waals surface area (Å²) in [5.41, 5.74) is 10.9. The molecular formula is C22H30IN3O. The molecule has 2 aromatic carbocycles. The highest BCUT2D eigenvalue weighted by Gasteiger charge is 2.27. The molecule has 27 heavy (non-hydrogen) atoms. The van der Waals surface area contributed by atoms with Gasteiger partial charge in [0.2, 0.25) is 0 Å². The molecule has 2 atom stereocenters. The Labute approximate surface area is 179 Å². The normalized spacial score (nSPS) is 20.0. The predicted molar refractivity (Wildman–Crippen MR) is 124 cm³/mol. The van der Waals surface area contributed by atoms with Crippen LogP contribution in [-0.2, 0) is 11.2 Å². The van der Waals surface area contributed by atoms with Gasteiger partial charge in [-0.15, -0.1) is 24.0 Å². The third kappa shape index (κ3) is 6.21. The first-order chi connectivity index (χ1) is 12.7. The van der Waals surface area contributed by atoms with Crippen molar-refractivity contribution in [3.05, 3.63) is 65.2 Å². The Morgan fingerprint density at radius 1 is 1.22 bits per heavy atom. The molecule has 146 valence electrons. The van der Waals surface area contributed by atoms with Gasteiger partial charge < -0.3 is 15.8 Å². The van der Waals surface area contributed by atoms with E-state index in [1.807, 2.05) is 12.1 Å². The number of nitrogens with two attached hydrogens (primary N) is 1. The van der Waals surface area contributed by atoms with Crippen molar-refractivity contribution >= 4 is 35.6 Å². The molecule has 0 radical (unpaired) electrons. The highest BCUT2D eigenvalue weighted by atomic mass is 127. The molecular weight excluding hydrogens is 449 g/mol. The highest BCUT2D eigenvalue weighted by Crippen LogP contribution is 2.34. The average molecular weight is 479 g/mol. The topological polar surface area (TPSA) is 59.6 Å². The number of benzene rings is 2. The molecule has 3 N–H and O–H groups in total. The van der Waals surface area contributed by atoms with Gasteiger partial charge in [-0.05, 0) is 49.4 Å². The van der Waals surface area contributed by atoms with Crippen LogP contribution in [0, 0.1) is 12.8 Å². The Balaban J connectivity index is 0.00000261. The summed E-state index contributed by atoms with van der Waals surface area (Å²) in [5, 5.41) is 3.21. The monoisotopic (exact) mass is 479 g/mol. The molecule has 3 rings (SSSR count). The van der Waals surface area contributed by atoms with Gasteiger partial charge in [-0.2, -0.15) is 0 Å². The fraction of sp³-hybridized carbons (Fsp3) is 0.409. The Kier molecular flexibility index (Phi) is 8.57. The van der Waals surface area contributed by atoms with E-state index in [9.17, 15) is 0 Å². The van der Waals surface area contributed by atoms with Crippen molar-refractivity contribution in [2.45, 2.75) is 39.2 Å². The third-order valence-electron chi connectivity index (χ3n) is 4.95. The zero-order valence-corrected chi connectivity index (χ0v) is 18.5. The summed E-state index contributed by atoms with van der Waals surface area (Å²) in [5.74, 6) is 0.820. The van der Waals surface area contributed by atoms with Gasteiger partial charge in [0.15, 0.2) is 5.96 Å². The minimum atomic E-state index is 0. The van der Waals surface area contributed by atoms with E-state index in [1.165, 1.54) is 16.7 Å². The summed E-state index contributed by atoms with van der Waals surface area (Å²) < 4.78 is 6.07. The number of nitrogens with one attached hydrogen (secondary N) is 1. The molecule has 2 unspecified atom stereocenters. The van der Waals surface area contributed by atoms with E-state index < -0.39 is 0 Å². The van der Waals surface area contributed by atoms with Gasteiger partial charge >= 0.3 is 0 Å². The smallest absolute Gasteiger partial charge is 0.193 e. The van der Waals surface area contributed by atoms with Gasteiger partial charge in [0.05, 0.1) is 6.10 Å². The van der Waals surface area contributed by atoms with Crippen LogP contribution in [0.4, 0.5) is 5.69 Å². The third-order valence-corrected chi connectivity index (χ3v) is 4.95. The van der Waals surface area contributed by atoms with Gasteiger partial charge in [0.1, 0.15) is 0 Å². The Hall–Kier alpha value is -1.60. The first kappa shape index (κ1) is 21.7. The second-order valence-electron chi connectivity index (χ2n) is 7.01. The van der Waals surface area contributed by atoms with Gasteiger partial charge in [0, 0.05) is 24.8 Å². The maximum absolute atomic E-state index is 6.12. The molecule has 1 fully saturated rings. The number of aliphatic imine (C=N–C) groups is 1. The molecule has 1 saturated heterocycles. The van der Waals surface area contributed by atoms with Crippen molar-refractivity contribution in [3.8, 4) is 0 Å². The maximum Gasteiger partial charge on any atom is 0.193 e. The summed E-state index contributed by atoms with van der Waals surface area (Å²) in [6.45, 7) is 5.74. The van der Waals surface area contributed by atoms with Crippen LogP contribution in [0.1, 0.15) is 42.6 Å². The molecule has 0 bridgehead atoms. The second-order valence-corrected chi connectivity index (χ2v) is 7.01. The zero-order chi connectivity index (χ0) is 18.4. The Morgan fingerprint density at radius 2 is 2.00 bits per heavy atom. The maximum atomic E-state index is 6.12. The number of halogens is 1. The number of aryl methyl sites for hydroxylation is 2. The molecule has 1 heterocycles. The van der Waals surface area contributed by atoms with Crippen molar-refractivity contribution in [1.82, 2.24) is 0 Å². The fourth-order valence-electron chi connectivity index (χ4n) is 3.43. The quantitative estimate of drug-likeness (QED) is 0.358. The van der Waals surface area contributed by atoms with Crippen LogP contribution >= 0.6 is 24.0 Å². The fourth-order valence-corrected chi connectivity index (χ4v) is 3.43. The van der Waals surface area contributed by atoms with Crippen LogP contribution in [0.3, 0.4) is 0 Å². The van der Waals surface area contributed by atoms with Crippen LogP contribution in [0.5, 0.6) is 0 Å². The predicted octanol–water partition coefficient (Wildman–Crippen LogP) is 5.07. The van der Waals surface area contributed by atoms with E-state index in [4.69, 9.17) is 10.5 Å². The van der Waals surface area contributed by atoms with Crippen LogP contribution in [-0.4, -0.2) is 19.1 Å². The number of anilines is 1. The molecule has 4 nitrogen and oxygen atoms in total. The summed E-state index contributed by atoms with van der Waals surface area (Å²) in [6, 6.07) is 16.9. The van der Waals surface area contributed by atoms with E-state index >= 15 is 0 Å². The van der Waals surface area contributed by atoms with Gasteiger partial charge in [-0.3, -0.25) is 4.99 Å². The first-order valence-corrected chi connectivity index (χ1v) is 9.49. The lowest BCUT2D eigenvalue weighted by Gasteiger charge is -2.31. The summed E-state index contributed by atoms with van der Waals surface area (Å²) in [4.78, 5) is 4.60. The molecule has 0 amide bonds. The van der Waals surface area contributed by atoms with Gasteiger partial charge in [-0.25, -0.2) is 0 Å². The van der Waals surface area contributed by atoms with Crippen molar-refractivity contribution in [1.29, 1.82) is 0 Å². The molecule has 2 aromatic rings. The molecule has 1 aliphatic heterocycles. The lowest BCUT2D eigenvalue weighted by Crippen LogP contribution is -2.28. The van der Waals surface area contributed by atoms with Crippen LogP contribution in [0.2, 0.25) is 0 Å². The van der Waals surface area contributed by atoms with Gasteiger partial charge in [-0.1, -0.05) is 48.9 Å². The molecule has 0 aromatic heterocycles. The van der Waals surface area contributed by atoms with Crippen molar-refractivity contribution < 1.29 is 4.74 Å². The lowest BCUT2D eigenvalue weighted by atomic mass is 9.89. The number of guanidine groups is 1. The number of nitrogens with zero attached hydrogens (tertiary/aromatic N) is 1. The summed E-state index contributed by atoms with van der Waals surface area (Å²) in [7, 11) is 0. The van der Waals surface area contributed by atoms with Crippen molar-refractivity contribution in [2.24, 2.45) is 16.6 Å². The largest absolute Gasteiger partial charge is 0.373 e. The Bertz CT molecular complexity index is 745. The van der Waals surface area contributed by atoms with E-state index in [1.54, 1.807) is 0 Å². The second kappa shape index (κ2) is 10.7. The standard InChI is InChI=1S/C22H29N3O.HI/c1-3-17-6-4-8-20(14-17)25-22(23)24-15-19-7-5-13-26-21(19)18-11-9-16(2)10-12-18;/h4,6,8-12,14,19,21H,3,5,7,13,15H2,1-2H3,(H3,23,24,25);1H. The van der Waals surface area contributed by atoms with E-state index in [0.29, 0.717) is 18.4 Å². The number of hydrogen-bond acceptors (Lipinski definition) is 2. The van der Waals surface area contributed by atoms with E-state index in [0.717, 1.165) is 31.6 Å². The number of ether oxygens (including phenoxy) is 1. The highest BCUT2D eigenvalue weighted by molar-refractivity contribution is 14.0. The molecule has 1 aliphatic rings. The van der Waals surface area contributed by atoms with Gasteiger partial charge in [0.25, 0.3) is 0 Å². The van der Waals surface area contributed by atoms with Crippen LogP contribution < -0.4 is 11.1 Å². The molecule has 0 spiro atoms. The molecule has 0 aliphatic carbocycles. The summed E-state index contributed by atoms with van der Waals surface area (Å²) >= 11 is 0. The zero-order valence-electron chi connectivity index (χ0n) is 16.2. The minimum absolute atomic E-state index is 0. The average Bonchev–Trinajstić information content (AvgIpc) is 2.67.